The summed E-state index contributed by atoms with van der Waals surface area (Å²) in [6, 6.07) is 3.99. The molecule has 0 atom stereocenters. The van der Waals surface area contributed by atoms with Crippen LogP contribution in [0.2, 0.25) is 0 Å². The van der Waals surface area contributed by atoms with Gasteiger partial charge in [0.25, 0.3) is 5.91 Å². The van der Waals surface area contributed by atoms with Crippen molar-refractivity contribution in [3.05, 3.63) is 34.4 Å². The summed E-state index contributed by atoms with van der Waals surface area (Å²) in [7, 11) is 0. The Kier molecular flexibility index (Phi) is 3.86. The van der Waals surface area contributed by atoms with Gasteiger partial charge in [-0.2, -0.15) is 0 Å². The van der Waals surface area contributed by atoms with E-state index in [2.05, 4.69) is 5.48 Å². The van der Waals surface area contributed by atoms with Gasteiger partial charge in [-0.3, -0.25) is 9.63 Å². The third kappa shape index (κ3) is 2.80. The Labute approximate surface area is 90.4 Å². The van der Waals surface area contributed by atoms with E-state index in [1.165, 1.54) is 0 Å². The van der Waals surface area contributed by atoms with Crippen molar-refractivity contribution < 1.29 is 9.63 Å². The summed E-state index contributed by atoms with van der Waals surface area (Å²) in [5, 5.41) is 0. The van der Waals surface area contributed by atoms with Gasteiger partial charge in [-0.1, -0.05) is 17.7 Å². The third-order valence-electron chi connectivity index (χ3n) is 2.21. The standard InChI is InChI=1S/C12H17NO2/c1-5-15-13-12(14)11-9(3)6-8(2)7-10(11)4/h6-7H,5H2,1-4H3,(H,13,14). The SMILES string of the molecule is CCONC(=O)c1c(C)cc(C)cc1C. The lowest BCUT2D eigenvalue weighted by Crippen LogP contribution is -2.25. The number of hydrogen-bond donors (Lipinski definition) is 1. The average molecular weight is 207 g/mol. The lowest BCUT2D eigenvalue weighted by molar-refractivity contribution is 0.0363. The molecule has 0 aliphatic heterocycles. The van der Waals surface area contributed by atoms with Crippen LogP contribution in [0.15, 0.2) is 12.1 Å². The highest BCUT2D eigenvalue weighted by Crippen LogP contribution is 2.15. The van der Waals surface area contributed by atoms with Gasteiger partial charge in [0.15, 0.2) is 0 Å². The van der Waals surface area contributed by atoms with E-state index in [0.717, 1.165) is 16.7 Å². The zero-order chi connectivity index (χ0) is 11.4. The molecule has 3 nitrogen and oxygen atoms in total. The number of aryl methyl sites for hydroxylation is 3. The number of carbonyl (C=O) groups excluding carboxylic acids is 1. The Balaban J connectivity index is 2.98. The lowest BCUT2D eigenvalue weighted by atomic mass is 9.99. The van der Waals surface area contributed by atoms with Crippen LogP contribution in [0, 0.1) is 20.8 Å². The van der Waals surface area contributed by atoms with Gasteiger partial charge in [0, 0.05) is 5.56 Å². The molecule has 1 aromatic rings. The number of hydrogen-bond acceptors (Lipinski definition) is 2. The van der Waals surface area contributed by atoms with Crippen LogP contribution >= 0.6 is 0 Å². The number of carbonyl (C=O) groups is 1. The summed E-state index contributed by atoms with van der Waals surface area (Å²) in [5.41, 5.74) is 6.23. The van der Waals surface area contributed by atoms with Crippen molar-refractivity contribution in [1.29, 1.82) is 0 Å². The first-order valence-electron chi connectivity index (χ1n) is 5.06. The van der Waals surface area contributed by atoms with E-state index in [4.69, 9.17) is 4.84 Å². The Bertz CT molecular complexity index is 349. The monoisotopic (exact) mass is 207 g/mol. The van der Waals surface area contributed by atoms with Gasteiger partial charge in [0.1, 0.15) is 0 Å². The quantitative estimate of drug-likeness (QED) is 0.772. The van der Waals surface area contributed by atoms with Crippen LogP contribution in [0.4, 0.5) is 0 Å². The molecule has 0 unspecified atom stereocenters. The number of rotatable bonds is 3. The number of nitrogens with one attached hydrogen (secondary N) is 1. The van der Waals surface area contributed by atoms with Crippen LogP contribution in [0.3, 0.4) is 0 Å². The third-order valence-corrected chi connectivity index (χ3v) is 2.21. The summed E-state index contributed by atoms with van der Waals surface area (Å²) in [5.74, 6) is -0.174. The molecule has 0 aliphatic rings. The van der Waals surface area contributed by atoms with E-state index in [1.54, 1.807) is 0 Å². The van der Waals surface area contributed by atoms with E-state index in [-0.39, 0.29) is 5.91 Å². The molecule has 0 aromatic heterocycles. The van der Waals surface area contributed by atoms with Gasteiger partial charge >= 0.3 is 0 Å². The molecule has 0 bridgehead atoms. The van der Waals surface area contributed by atoms with Gasteiger partial charge in [-0.05, 0) is 38.8 Å². The maximum Gasteiger partial charge on any atom is 0.275 e. The molecule has 3 heteroatoms. The first-order valence-corrected chi connectivity index (χ1v) is 5.06. The minimum Gasteiger partial charge on any atom is -0.274 e. The second kappa shape index (κ2) is 4.94. The number of hydroxylamine groups is 1. The van der Waals surface area contributed by atoms with E-state index >= 15 is 0 Å². The van der Waals surface area contributed by atoms with Crippen LogP contribution in [-0.4, -0.2) is 12.5 Å². The molecule has 0 saturated heterocycles. The Hall–Kier alpha value is -1.35. The zero-order valence-corrected chi connectivity index (χ0v) is 9.68. The first-order chi connectivity index (χ1) is 7.06. The van der Waals surface area contributed by atoms with Crippen LogP contribution in [0.25, 0.3) is 0 Å². The molecule has 15 heavy (non-hydrogen) atoms. The number of benzene rings is 1. The van der Waals surface area contributed by atoms with E-state index in [1.807, 2.05) is 39.8 Å². The van der Waals surface area contributed by atoms with Gasteiger partial charge < -0.3 is 0 Å². The molecular weight excluding hydrogens is 190 g/mol. The molecule has 0 fully saturated rings. The summed E-state index contributed by atoms with van der Waals surface area (Å²) >= 11 is 0. The Morgan fingerprint density at radius 3 is 2.27 bits per heavy atom. The van der Waals surface area contributed by atoms with E-state index in [0.29, 0.717) is 12.2 Å². The van der Waals surface area contributed by atoms with Gasteiger partial charge in [0.05, 0.1) is 6.61 Å². The minimum atomic E-state index is -0.174. The molecule has 1 aromatic carbocycles. The summed E-state index contributed by atoms with van der Waals surface area (Å²) in [4.78, 5) is 16.6. The van der Waals surface area contributed by atoms with Crippen LogP contribution < -0.4 is 5.48 Å². The lowest BCUT2D eigenvalue weighted by Gasteiger charge is -2.10. The molecule has 0 spiro atoms. The molecule has 82 valence electrons. The highest BCUT2D eigenvalue weighted by molar-refractivity contribution is 5.96. The van der Waals surface area contributed by atoms with Crippen molar-refractivity contribution in [2.75, 3.05) is 6.61 Å². The maximum atomic E-state index is 11.7. The smallest absolute Gasteiger partial charge is 0.274 e. The molecular formula is C12H17NO2. The summed E-state index contributed by atoms with van der Waals surface area (Å²) in [6.45, 7) is 8.18. The zero-order valence-electron chi connectivity index (χ0n) is 9.68. The van der Waals surface area contributed by atoms with Gasteiger partial charge in [-0.25, -0.2) is 5.48 Å². The normalized spacial score (nSPS) is 10.1. The van der Waals surface area contributed by atoms with Crippen LogP contribution in [-0.2, 0) is 4.84 Å². The Morgan fingerprint density at radius 2 is 1.80 bits per heavy atom. The number of amides is 1. The fourth-order valence-corrected chi connectivity index (χ4v) is 1.73. The minimum absolute atomic E-state index is 0.174. The van der Waals surface area contributed by atoms with E-state index in [9.17, 15) is 4.79 Å². The van der Waals surface area contributed by atoms with Crippen molar-refractivity contribution in [1.82, 2.24) is 5.48 Å². The average Bonchev–Trinajstić information content (AvgIpc) is 2.12. The summed E-state index contributed by atoms with van der Waals surface area (Å²) in [6.07, 6.45) is 0. The molecule has 0 radical (unpaired) electrons. The summed E-state index contributed by atoms with van der Waals surface area (Å²) < 4.78 is 0. The first kappa shape index (κ1) is 11.7. The predicted octanol–water partition coefficient (Wildman–Crippen LogP) is 2.29. The fourth-order valence-electron chi connectivity index (χ4n) is 1.73. The molecule has 0 aliphatic carbocycles. The highest BCUT2D eigenvalue weighted by atomic mass is 16.6. The van der Waals surface area contributed by atoms with Crippen LogP contribution in [0.1, 0.15) is 34.0 Å². The van der Waals surface area contributed by atoms with Crippen LogP contribution in [0.5, 0.6) is 0 Å². The van der Waals surface area contributed by atoms with Crippen molar-refractivity contribution in [3.8, 4) is 0 Å². The fraction of sp³-hybridized carbons (Fsp3) is 0.417. The molecule has 1 rings (SSSR count). The van der Waals surface area contributed by atoms with Crippen molar-refractivity contribution >= 4 is 5.91 Å². The highest BCUT2D eigenvalue weighted by Gasteiger charge is 2.12. The van der Waals surface area contributed by atoms with E-state index < -0.39 is 0 Å². The largest absolute Gasteiger partial charge is 0.275 e. The molecule has 0 heterocycles. The Morgan fingerprint density at radius 1 is 1.27 bits per heavy atom. The second-order valence-corrected chi connectivity index (χ2v) is 3.64. The predicted molar refractivity (Wildman–Crippen MR) is 59.7 cm³/mol. The molecule has 1 N–H and O–H groups in total. The topological polar surface area (TPSA) is 38.3 Å². The molecule has 0 saturated carbocycles. The van der Waals surface area contributed by atoms with Crippen molar-refractivity contribution in [3.63, 3.8) is 0 Å². The van der Waals surface area contributed by atoms with Crippen molar-refractivity contribution in [2.24, 2.45) is 0 Å². The second-order valence-electron chi connectivity index (χ2n) is 3.64. The maximum absolute atomic E-state index is 11.7. The van der Waals surface area contributed by atoms with Crippen molar-refractivity contribution in [2.45, 2.75) is 27.7 Å². The van der Waals surface area contributed by atoms with Gasteiger partial charge in [-0.15, -0.1) is 0 Å². The molecule has 1 amide bonds. The van der Waals surface area contributed by atoms with Gasteiger partial charge in [0.2, 0.25) is 0 Å².